The van der Waals surface area contributed by atoms with Gasteiger partial charge in [0.2, 0.25) is 0 Å². The summed E-state index contributed by atoms with van der Waals surface area (Å²) in [4.78, 5) is 9.75. The summed E-state index contributed by atoms with van der Waals surface area (Å²) in [7, 11) is 0. The standard InChI is InChI=1S/C37H31N2O.C14H16GeN.Ir/c1-23(2)27-14-10-15-28(24(3)4)35(27)39-33-19-9-8-18-32(33)38-37(39)31-17-11-16-30-29-21-20-26(22-34(29)40-36(30)31)25-12-6-5-7-13-25;1-15(2,3)13-9-10-14(16-11-13)12-7-5-4-6-8-12;/h5-16,18-24H,1-4H3;4-7,9-11H,1-3H3;/q2*-1;. The van der Waals surface area contributed by atoms with Gasteiger partial charge in [-0.05, 0) is 52.3 Å². The molecule has 6 aromatic carbocycles. The van der Waals surface area contributed by atoms with Crippen molar-refractivity contribution in [2.45, 2.75) is 56.8 Å². The van der Waals surface area contributed by atoms with Gasteiger partial charge in [0.15, 0.2) is 0 Å². The number of benzene rings is 6. The summed E-state index contributed by atoms with van der Waals surface area (Å²) >= 11 is -1.72. The summed E-state index contributed by atoms with van der Waals surface area (Å²) in [5.74, 6) is 8.70. The van der Waals surface area contributed by atoms with Gasteiger partial charge < -0.3 is 8.98 Å². The molecule has 0 fully saturated rings. The van der Waals surface area contributed by atoms with Crippen molar-refractivity contribution in [3.63, 3.8) is 0 Å². The maximum Gasteiger partial charge on any atom is 0 e. The Hall–Kier alpha value is -5.07. The van der Waals surface area contributed by atoms with Crippen LogP contribution in [0.2, 0.25) is 17.3 Å². The number of para-hydroxylation sites is 3. The molecule has 0 spiro atoms. The molecule has 3 aromatic heterocycles. The third-order valence-corrected chi connectivity index (χ3v) is 14.8. The molecule has 0 amide bonds. The molecule has 6 heteroatoms. The van der Waals surface area contributed by atoms with Gasteiger partial charge >= 0.3 is 99.8 Å². The summed E-state index contributed by atoms with van der Waals surface area (Å²) in [6.07, 6.45) is 2.04. The zero-order valence-corrected chi connectivity index (χ0v) is 38.1. The maximum absolute atomic E-state index is 6.66. The van der Waals surface area contributed by atoms with E-state index in [-0.39, 0.29) is 20.1 Å². The molecular formula is C51H47GeIrN3O-2. The topological polar surface area (TPSA) is 43.9 Å². The van der Waals surface area contributed by atoms with Crippen LogP contribution in [0.4, 0.5) is 0 Å². The molecule has 0 unspecified atom stereocenters. The summed E-state index contributed by atoms with van der Waals surface area (Å²) in [5.41, 5.74) is 12.8. The second kappa shape index (κ2) is 16.8. The Morgan fingerprint density at radius 3 is 2.04 bits per heavy atom. The first-order valence-corrected chi connectivity index (χ1v) is 26.9. The fraction of sp³-hybridized carbons (Fsp3) is 0.176. The Balaban J connectivity index is 0.000000246. The van der Waals surface area contributed by atoms with Crippen molar-refractivity contribution in [3.05, 3.63) is 169 Å². The van der Waals surface area contributed by atoms with Crippen molar-refractivity contribution < 1.29 is 24.5 Å². The Kier molecular flexibility index (Phi) is 11.8. The molecule has 1 radical (unpaired) electrons. The van der Waals surface area contributed by atoms with Gasteiger partial charge in [-0.15, -0.1) is 18.2 Å². The normalized spacial score (nSPS) is 11.6. The van der Waals surface area contributed by atoms with Crippen molar-refractivity contribution in [2.24, 2.45) is 0 Å². The first-order chi connectivity index (χ1) is 27.1. The van der Waals surface area contributed by atoms with E-state index in [9.17, 15) is 0 Å². The van der Waals surface area contributed by atoms with E-state index >= 15 is 0 Å². The predicted molar refractivity (Wildman–Crippen MR) is 238 cm³/mol. The Labute approximate surface area is 352 Å². The van der Waals surface area contributed by atoms with E-state index in [1.165, 1.54) is 26.8 Å². The van der Waals surface area contributed by atoms with E-state index in [0.29, 0.717) is 11.8 Å². The minimum Gasteiger partial charge on any atom is 0 e. The van der Waals surface area contributed by atoms with Crippen LogP contribution >= 0.6 is 0 Å². The smallest absolute Gasteiger partial charge is 0 e. The van der Waals surface area contributed by atoms with E-state index in [4.69, 9.17) is 9.40 Å². The van der Waals surface area contributed by atoms with Gasteiger partial charge in [0.05, 0.1) is 22.4 Å². The molecule has 0 aliphatic carbocycles. The van der Waals surface area contributed by atoms with Crippen LogP contribution in [0.15, 0.2) is 150 Å². The molecule has 0 N–H and O–H groups in total. The number of fused-ring (bicyclic) bond motifs is 4. The Bertz CT molecular complexity index is 2750. The van der Waals surface area contributed by atoms with Crippen molar-refractivity contribution in [3.8, 4) is 39.5 Å². The van der Waals surface area contributed by atoms with E-state index in [2.05, 4.69) is 170 Å². The summed E-state index contributed by atoms with van der Waals surface area (Å²) < 4.78 is 10.4. The molecule has 4 nitrogen and oxygen atoms in total. The van der Waals surface area contributed by atoms with Crippen molar-refractivity contribution in [2.75, 3.05) is 0 Å². The maximum atomic E-state index is 6.66. The van der Waals surface area contributed by atoms with Crippen LogP contribution in [0.25, 0.3) is 72.4 Å². The summed E-state index contributed by atoms with van der Waals surface area (Å²) in [5, 5.41) is 2.17. The quantitative estimate of drug-likeness (QED) is 0.118. The van der Waals surface area contributed by atoms with Crippen LogP contribution in [0.5, 0.6) is 0 Å². The van der Waals surface area contributed by atoms with Crippen molar-refractivity contribution in [1.82, 2.24) is 14.5 Å². The molecule has 0 aliphatic rings. The zero-order chi connectivity index (χ0) is 39.0. The Morgan fingerprint density at radius 2 is 1.37 bits per heavy atom. The number of aromatic nitrogens is 3. The second-order valence-electron chi connectivity index (χ2n) is 16.1. The van der Waals surface area contributed by atoms with Crippen LogP contribution < -0.4 is 4.40 Å². The predicted octanol–water partition coefficient (Wildman–Crippen LogP) is 13.4. The van der Waals surface area contributed by atoms with Gasteiger partial charge in [-0.1, -0.05) is 111 Å². The number of pyridine rings is 1. The van der Waals surface area contributed by atoms with Gasteiger partial charge in [-0.3, -0.25) is 4.98 Å². The SMILES string of the molecule is CC(C)c1cccc(C(C)C)c1-n1c(-c2[c-]ccc3c2oc2cc(-c4ccccc4)ccc23)nc2ccccc21.[CH3][Ge]([CH3])([CH3])[c]1ccc(-c2[c-]cccc2)nc1.[Ir]. The molecular weight excluding hydrogens is 935 g/mol. The molecule has 0 atom stereocenters. The van der Waals surface area contributed by atoms with Gasteiger partial charge in [0.25, 0.3) is 0 Å². The average molecular weight is 983 g/mol. The van der Waals surface area contributed by atoms with E-state index in [1.54, 1.807) is 0 Å². The Morgan fingerprint density at radius 1 is 0.649 bits per heavy atom. The molecule has 287 valence electrons. The van der Waals surface area contributed by atoms with Gasteiger partial charge in [-0.25, -0.2) is 0 Å². The minimum atomic E-state index is -1.72. The number of hydrogen-bond donors (Lipinski definition) is 0. The van der Waals surface area contributed by atoms with Gasteiger partial charge in [0.1, 0.15) is 5.58 Å². The number of rotatable bonds is 7. The van der Waals surface area contributed by atoms with Crippen LogP contribution in [-0.4, -0.2) is 27.8 Å². The number of imidazole rings is 1. The molecule has 0 bridgehead atoms. The largest absolute Gasteiger partial charge is 0 e. The van der Waals surface area contributed by atoms with Crippen LogP contribution in [0.3, 0.4) is 0 Å². The second-order valence-corrected chi connectivity index (χ2v) is 26.7. The zero-order valence-electron chi connectivity index (χ0n) is 33.6. The summed E-state index contributed by atoms with van der Waals surface area (Å²) in [6.45, 7) is 9.05. The molecule has 0 saturated carbocycles. The monoisotopic (exact) mass is 984 g/mol. The van der Waals surface area contributed by atoms with E-state index < -0.39 is 13.3 Å². The van der Waals surface area contributed by atoms with Crippen LogP contribution in [0.1, 0.15) is 50.7 Å². The third kappa shape index (κ3) is 8.07. The van der Waals surface area contributed by atoms with Gasteiger partial charge in [-0.2, -0.15) is 0 Å². The number of furan rings is 1. The van der Waals surface area contributed by atoms with Gasteiger partial charge in [0, 0.05) is 31.2 Å². The molecule has 9 rings (SSSR count). The third-order valence-electron chi connectivity index (χ3n) is 10.5. The molecule has 9 aromatic rings. The number of hydrogen-bond acceptors (Lipinski definition) is 3. The average Bonchev–Trinajstić information content (AvgIpc) is 3.79. The van der Waals surface area contributed by atoms with Crippen LogP contribution in [0, 0.1) is 12.1 Å². The summed E-state index contributed by atoms with van der Waals surface area (Å²) in [6, 6.07) is 55.1. The molecule has 57 heavy (non-hydrogen) atoms. The minimum absolute atomic E-state index is 0. The van der Waals surface area contributed by atoms with Crippen molar-refractivity contribution in [1.29, 1.82) is 0 Å². The van der Waals surface area contributed by atoms with E-state index in [1.807, 2.05) is 42.6 Å². The first kappa shape index (κ1) is 40.1. The van der Waals surface area contributed by atoms with E-state index in [0.717, 1.165) is 61.2 Å². The number of nitrogens with zero attached hydrogens (tertiary/aromatic N) is 3. The first-order valence-electron chi connectivity index (χ1n) is 19.6. The molecule has 0 saturated heterocycles. The van der Waals surface area contributed by atoms with Crippen molar-refractivity contribution >= 4 is 50.6 Å². The molecule has 3 heterocycles. The fourth-order valence-electron chi connectivity index (χ4n) is 7.46. The molecule has 0 aliphatic heterocycles. The van der Waals surface area contributed by atoms with Crippen LogP contribution in [-0.2, 0) is 20.1 Å². The fourth-order valence-corrected chi connectivity index (χ4v) is 9.63.